The number of rotatable bonds is 2. The molecule has 0 amide bonds. The number of para-hydroxylation sites is 1. The molecule has 0 unspecified atom stereocenters. The molecule has 2 N–H and O–H groups in total. The van der Waals surface area contributed by atoms with Gasteiger partial charge in [-0.1, -0.05) is 43.5 Å². The number of hydrogen-bond donors (Lipinski definition) is 2. The zero-order valence-corrected chi connectivity index (χ0v) is 12.5. The summed E-state index contributed by atoms with van der Waals surface area (Å²) < 4.78 is 0. The molecule has 0 atom stereocenters. The van der Waals surface area contributed by atoms with Gasteiger partial charge in [-0.05, 0) is 54.5 Å². The Kier molecular flexibility index (Phi) is 3.87. The Hall–Kier alpha value is -1.96. The molecule has 1 saturated carbocycles. The van der Waals surface area contributed by atoms with Crippen LogP contribution in [-0.4, -0.2) is 10.2 Å². The molecule has 2 nitrogen and oxygen atoms in total. The highest BCUT2D eigenvalue weighted by Gasteiger charge is 2.20. The van der Waals surface area contributed by atoms with Gasteiger partial charge in [0.05, 0.1) is 0 Å². The first-order valence-corrected chi connectivity index (χ1v) is 7.78. The van der Waals surface area contributed by atoms with Crippen LogP contribution in [0.15, 0.2) is 36.4 Å². The Labute approximate surface area is 126 Å². The highest BCUT2D eigenvalue weighted by Crippen LogP contribution is 2.42. The molecule has 1 aliphatic carbocycles. The number of phenols is 2. The van der Waals surface area contributed by atoms with Gasteiger partial charge in [-0.25, -0.2) is 0 Å². The van der Waals surface area contributed by atoms with E-state index in [9.17, 15) is 10.2 Å². The third-order valence-corrected chi connectivity index (χ3v) is 4.62. The van der Waals surface area contributed by atoms with Gasteiger partial charge in [-0.2, -0.15) is 0 Å². The van der Waals surface area contributed by atoms with Gasteiger partial charge >= 0.3 is 0 Å². The van der Waals surface area contributed by atoms with E-state index in [-0.39, 0.29) is 5.75 Å². The Balaban J connectivity index is 2.05. The average Bonchev–Trinajstić information content (AvgIpc) is 2.51. The van der Waals surface area contributed by atoms with Crippen molar-refractivity contribution >= 4 is 0 Å². The van der Waals surface area contributed by atoms with Crippen LogP contribution in [0, 0.1) is 6.92 Å². The normalized spacial score (nSPS) is 16.0. The first-order valence-electron chi connectivity index (χ1n) is 7.78. The Morgan fingerprint density at radius 1 is 0.905 bits per heavy atom. The van der Waals surface area contributed by atoms with Gasteiger partial charge in [0.1, 0.15) is 11.5 Å². The van der Waals surface area contributed by atoms with Crippen molar-refractivity contribution in [3.05, 3.63) is 47.5 Å². The number of hydrogen-bond acceptors (Lipinski definition) is 2. The molecule has 0 spiro atoms. The van der Waals surface area contributed by atoms with Gasteiger partial charge in [0.25, 0.3) is 0 Å². The van der Waals surface area contributed by atoms with E-state index >= 15 is 0 Å². The molecule has 0 bridgehead atoms. The molecular formula is C19H22O2. The lowest BCUT2D eigenvalue weighted by atomic mass is 9.82. The molecular weight excluding hydrogens is 260 g/mol. The van der Waals surface area contributed by atoms with Crippen molar-refractivity contribution in [2.24, 2.45) is 0 Å². The SMILES string of the molecule is Cc1ccc(O)cc1-c1cccc(C2CCCCC2)c1O. The molecule has 110 valence electrons. The zero-order chi connectivity index (χ0) is 14.8. The van der Waals surface area contributed by atoms with Gasteiger partial charge in [0.2, 0.25) is 0 Å². The van der Waals surface area contributed by atoms with Crippen LogP contribution < -0.4 is 0 Å². The first-order chi connectivity index (χ1) is 10.2. The summed E-state index contributed by atoms with van der Waals surface area (Å²) >= 11 is 0. The predicted molar refractivity (Wildman–Crippen MR) is 85.8 cm³/mol. The fourth-order valence-corrected chi connectivity index (χ4v) is 3.42. The number of benzene rings is 2. The molecule has 2 heteroatoms. The maximum Gasteiger partial charge on any atom is 0.126 e. The maximum absolute atomic E-state index is 10.7. The van der Waals surface area contributed by atoms with E-state index in [1.54, 1.807) is 12.1 Å². The summed E-state index contributed by atoms with van der Waals surface area (Å²) in [5, 5.41) is 20.5. The van der Waals surface area contributed by atoms with Gasteiger partial charge in [-0.15, -0.1) is 0 Å². The summed E-state index contributed by atoms with van der Waals surface area (Å²) in [6.07, 6.45) is 6.13. The van der Waals surface area contributed by atoms with Crippen molar-refractivity contribution in [2.75, 3.05) is 0 Å². The number of aromatic hydroxyl groups is 2. The second kappa shape index (κ2) is 5.80. The monoisotopic (exact) mass is 282 g/mol. The fourth-order valence-electron chi connectivity index (χ4n) is 3.42. The van der Waals surface area contributed by atoms with Crippen molar-refractivity contribution in [3.8, 4) is 22.6 Å². The number of phenolic OH excluding ortho intramolecular Hbond substituents is 2. The lowest BCUT2D eigenvalue weighted by molar-refractivity contribution is 0.415. The second-order valence-electron chi connectivity index (χ2n) is 6.08. The predicted octanol–water partition coefficient (Wildman–Crippen LogP) is 5.12. The summed E-state index contributed by atoms with van der Waals surface area (Å²) in [5.41, 5.74) is 3.86. The van der Waals surface area contributed by atoms with E-state index in [1.165, 1.54) is 19.3 Å². The quantitative estimate of drug-likeness (QED) is 0.802. The zero-order valence-electron chi connectivity index (χ0n) is 12.5. The van der Waals surface area contributed by atoms with Crippen LogP contribution in [0.25, 0.3) is 11.1 Å². The van der Waals surface area contributed by atoms with E-state index < -0.39 is 0 Å². The van der Waals surface area contributed by atoms with Crippen LogP contribution >= 0.6 is 0 Å². The largest absolute Gasteiger partial charge is 0.508 e. The number of aryl methyl sites for hydroxylation is 1. The lowest BCUT2D eigenvalue weighted by Gasteiger charge is -2.24. The van der Waals surface area contributed by atoms with E-state index in [2.05, 4.69) is 0 Å². The van der Waals surface area contributed by atoms with Gasteiger partial charge in [0, 0.05) is 5.56 Å². The molecule has 3 rings (SSSR count). The molecule has 0 saturated heterocycles. The lowest BCUT2D eigenvalue weighted by Crippen LogP contribution is -2.05. The molecule has 2 aromatic carbocycles. The van der Waals surface area contributed by atoms with Crippen LogP contribution in [0.1, 0.15) is 49.1 Å². The molecule has 21 heavy (non-hydrogen) atoms. The Morgan fingerprint density at radius 2 is 1.67 bits per heavy atom. The minimum atomic E-state index is 0.234. The van der Waals surface area contributed by atoms with E-state index in [1.807, 2.05) is 31.2 Å². The third-order valence-electron chi connectivity index (χ3n) is 4.62. The molecule has 1 fully saturated rings. The summed E-state index contributed by atoms with van der Waals surface area (Å²) in [6.45, 7) is 2.00. The van der Waals surface area contributed by atoms with Gasteiger partial charge < -0.3 is 10.2 Å². The topological polar surface area (TPSA) is 40.5 Å². The molecule has 1 aliphatic rings. The van der Waals surface area contributed by atoms with Crippen molar-refractivity contribution in [2.45, 2.75) is 44.9 Å². The standard InChI is InChI=1S/C19H22O2/c1-13-10-11-15(20)12-18(13)17-9-5-8-16(19(17)21)14-6-3-2-4-7-14/h5,8-12,14,20-21H,2-4,6-7H2,1H3. The van der Waals surface area contributed by atoms with Crippen LogP contribution in [-0.2, 0) is 0 Å². The summed E-state index contributed by atoms with van der Waals surface area (Å²) in [6, 6.07) is 11.3. The van der Waals surface area contributed by atoms with Crippen LogP contribution in [0.2, 0.25) is 0 Å². The highest BCUT2D eigenvalue weighted by atomic mass is 16.3. The van der Waals surface area contributed by atoms with Crippen molar-refractivity contribution < 1.29 is 10.2 Å². The molecule has 0 heterocycles. The second-order valence-corrected chi connectivity index (χ2v) is 6.08. The molecule has 0 radical (unpaired) electrons. The first kappa shape index (κ1) is 14.0. The van der Waals surface area contributed by atoms with Gasteiger partial charge in [-0.3, -0.25) is 0 Å². The minimum Gasteiger partial charge on any atom is -0.508 e. The van der Waals surface area contributed by atoms with Crippen molar-refractivity contribution in [1.82, 2.24) is 0 Å². The van der Waals surface area contributed by atoms with Crippen molar-refractivity contribution in [1.29, 1.82) is 0 Å². The Morgan fingerprint density at radius 3 is 2.43 bits per heavy atom. The highest BCUT2D eigenvalue weighted by molar-refractivity contribution is 5.75. The molecule has 0 aromatic heterocycles. The van der Waals surface area contributed by atoms with E-state index in [0.29, 0.717) is 11.7 Å². The summed E-state index contributed by atoms with van der Waals surface area (Å²) in [5.74, 6) is 1.09. The van der Waals surface area contributed by atoms with Crippen molar-refractivity contribution in [3.63, 3.8) is 0 Å². The van der Waals surface area contributed by atoms with E-state index in [0.717, 1.165) is 35.1 Å². The average molecular weight is 282 g/mol. The molecule has 0 aliphatic heterocycles. The summed E-state index contributed by atoms with van der Waals surface area (Å²) in [4.78, 5) is 0. The van der Waals surface area contributed by atoms with Crippen LogP contribution in [0.3, 0.4) is 0 Å². The smallest absolute Gasteiger partial charge is 0.126 e. The third kappa shape index (κ3) is 2.76. The van der Waals surface area contributed by atoms with Crippen LogP contribution in [0.5, 0.6) is 11.5 Å². The van der Waals surface area contributed by atoms with Crippen LogP contribution in [0.4, 0.5) is 0 Å². The minimum absolute atomic E-state index is 0.234. The Bertz CT molecular complexity index is 640. The fraction of sp³-hybridized carbons (Fsp3) is 0.368. The summed E-state index contributed by atoms with van der Waals surface area (Å²) in [7, 11) is 0. The van der Waals surface area contributed by atoms with E-state index in [4.69, 9.17) is 0 Å². The molecule has 2 aromatic rings. The maximum atomic E-state index is 10.7. The van der Waals surface area contributed by atoms with Gasteiger partial charge in [0.15, 0.2) is 0 Å².